The summed E-state index contributed by atoms with van der Waals surface area (Å²) in [4.78, 5) is 0. The van der Waals surface area contributed by atoms with Gasteiger partial charge in [-0.25, -0.2) is 0 Å². The van der Waals surface area contributed by atoms with Gasteiger partial charge in [-0.15, -0.1) is 0 Å². The Labute approximate surface area is 178 Å². The topological polar surface area (TPSA) is 23.9 Å². The van der Waals surface area contributed by atoms with Crippen LogP contribution in [0.25, 0.3) is 0 Å². The van der Waals surface area contributed by atoms with Crippen molar-refractivity contribution in [2.24, 2.45) is 11.8 Å². The van der Waals surface area contributed by atoms with Gasteiger partial charge in [0, 0.05) is 5.56 Å². The molecule has 1 aromatic rings. The van der Waals surface area contributed by atoms with Crippen LogP contribution in [0.4, 0.5) is 0 Å². The van der Waals surface area contributed by atoms with Gasteiger partial charge in [0.05, 0.1) is 5.71 Å². The summed E-state index contributed by atoms with van der Waals surface area (Å²) in [7, 11) is 0. The first-order valence-electron chi connectivity index (χ1n) is 11.3. The van der Waals surface area contributed by atoms with Gasteiger partial charge in [-0.1, -0.05) is 89.1 Å². The molecule has 1 nitrogen and oxygen atoms in total. The summed E-state index contributed by atoms with van der Waals surface area (Å²) in [6.45, 7) is 16.1. The maximum atomic E-state index is 8.90. The largest absolute Gasteiger partial charge is 0.300 e. The van der Waals surface area contributed by atoms with Crippen molar-refractivity contribution in [1.29, 1.82) is 5.41 Å². The third-order valence-electron chi connectivity index (χ3n) is 7.05. The van der Waals surface area contributed by atoms with E-state index in [0.29, 0.717) is 11.6 Å². The van der Waals surface area contributed by atoms with Crippen LogP contribution in [0.3, 0.4) is 0 Å². The smallest absolute Gasteiger partial charge is 0.0612 e. The van der Waals surface area contributed by atoms with E-state index >= 15 is 0 Å². The van der Waals surface area contributed by atoms with Crippen LogP contribution >= 0.6 is 0 Å². The van der Waals surface area contributed by atoms with Crippen LogP contribution in [0.1, 0.15) is 90.8 Å². The average molecular weight is 390 g/mol. The Balaban J connectivity index is 1.96. The second kappa shape index (κ2) is 8.09. The fourth-order valence-electron chi connectivity index (χ4n) is 4.89. The maximum absolute atomic E-state index is 8.90. The summed E-state index contributed by atoms with van der Waals surface area (Å²) in [5, 5.41) is 8.90. The number of benzene rings is 1. The highest BCUT2D eigenvalue weighted by Crippen LogP contribution is 2.43. The molecule has 1 fully saturated rings. The number of rotatable bonds is 5. The van der Waals surface area contributed by atoms with E-state index in [-0.39, 0.29) is 10.8 Å². The molecule has 0 amide bonds. The minimum absolute atomic E-state index is 0.00317. The third kappa shape index (κ3) is 4.65. The predicted octanol–water partition coefficient (Wildman–Crippen LogP) is 7.90. The molecule has 2 aliphatic carbocycles. The SMILES string of the molecule is C/C(=C1/CC1C)C(C)/C=C\C(=N)c1cccc(C2(C)CC=CCC2)c1C(C)(C)C. The Kier molecular flexibility index (Phi) is 6.08. The van der Waals surface area contributed by atoms with Gasteiger partial charge in [-0.3, -0.25) is 0 Å². The van der Waals surface area contributed by atoms with E-state index in [9.17, 15) is 0 Å². The molecule has 1 saturated carbocycles. The predicted molar refractivity (Wildman–Crippen MR) is 127 cm³/mol. The Morgan fingerprint density at radius 3 is 2.48 bits per heavy atom. The fourth-order valence-corrected chi connectivity index (χ4v) is 4.89. The zero-order chi connectivity index (χ0) is 21.4. The Morgan fingerprint density at radius 2 is 1.93 bits per heavy atom. The molecule has 0 saturated heterocycles. The van der Waals surface area contributed by atoms with Crippen molar-refractivity contribution in [1.82, 2.24) is 0 Å². The Bertz CT molecular complexity index is 874. The van der Waals surface area contributed by atoms with Crippen LogP contribution in [0.2, 0.25) is 0 Å². The van der Waals surface area contributed by atoms with Crippen LogP contribution in [0.15, 0.2) is 53.6 Å². The second-order valence-electron chi connectivity index (χ2n) is 10.6. The first-order valence-corrected chi connectivity index (χ1v) is 11.3. The summed E-state index contributed by atoms with van der Waals surface area (Å²) in [6.07, 6.45) is 13.6. The van der Waals surface area contributed by atoms with Crippen molar-refractivity contribution in [2.45, 2.75) is 85.0 Å². The highest BCUT2D eigenvalue weighted by molar-refractivity contribution is 6.08. The van der Waals surface area contributed by atoms with Crippen molar-refractivity contribution in [3.8, 4) is 0 Å². The van der Waals surface area contributed by atoms with Crippen molar-refractivity contribution < 1.29 is 0 Å². The van der Waals surface area contributed by atoms with Crippen molar-refractivity contribution in [2.75, 3.05) is 0 Å². The highest BCUT2D eigenvalue weighted by Gasteiger charge is 2.34. The van der Waals surface area contributed by atoms with E-state index in [1.165, 1.54) is 29.5 Å². The van der Waals surface area contributed by atoms with Gasteiger partial charge in [0.1, 0.15) is 0 Å². The number of hydrogen-bond acceptors (Lipinski definition) is 1. The van der Waals surface area contributed by atoms with Gasteiger partial charge < -0.3 is 5.41 Å². The van der Waals surface area contributed by atoms with Gasteiger partial charge in [-0.05, 0) is 72.5 Å². The quantitative estimate of drug-likeness (QED) is 0.391. The molecule has 0 spiro atoms. The normalized spacial score (nSPS) is 27.2. The summed E-state index contributed by atoms with van der Waals surface area (Å²) in [5.41, 5.74) is 7.79. The van der Waals surface area contributed by atoms with Crippen molar-refractivity contribution >= 4 is 5.71 Å². The number of allylic oxidation sites excluding steroid dienone is 6. The van der Waals surface area contributed by atoms with Gasteiger partial charge in [-0.2, -0.15) is 0 Å². The Morgan fingerprint density at radius 1 is 1.24 bits per heavy atom. The fraction of sp³-hybridized carbons (Fsp3) is 0.536. The zero-order valence-electron chi connectivity index (χ0n) is 19.5. The lowest BCUT2D eigenvalue weighted by atomic mass is 9.67. The first kappa shape index (κ1) is 21.8. The number of hydrogen-bond donors (Lipinski definition) is 1. The van der Waals surface area contributed by atoms with E-state index in [2.05, 4.69) is 84.9 Å². The van der Waals surface area contributed by atoms with E-state index < -0.39 is 0 Å². The van der Waals surface area contributed by atoms with Gasteiger partial charge in [0.25, 0.3) is 0 Å². The van der Waals surface area contributed by atoms with Crippen molar-refractivity contribution in [3.05, 3.63) is 70.3 Å². The van der Waals surface area contributed by atoms with E-state index in [0.717, 1.165) is 24.3 Å². The first-order chi connectivity index (χ1) is 13.5. The number of nitrogens with one attached hydrogen (secondary N) is 1. The zero-order valence-corrected chi connectivity index (χ0v) is 19.5. The summed E-state index contributed by atoms with van der Waals surface area (Å²) in [6, 6.07) is 6.62. The molecule has 0 bridgehead atoms. The standard InChI is InChI=1S/C28H39N/c1-19(21(3)23-18-20(23)2)14-15-25(29)22-12-11-13-24(26(22)27(4,5)6)28(7)16-9-8-10-17-28/h8-9,11-15,19-20,29H,10,16-18H2,1-7H3/b15-14-,23-21+,29-25?. The molecule has 3 unspecified atom stereocenters. The third-order valence-corrected chi connectivity index (χ3v) is 7.05. The molecule has 3 rings (SSSR count). The molecule has 3 atom stereocenters. The van der Waals surface area contributed by atoms with Crippen LogP contribution in [-0.2, 0) is 10.8 Å². The molecule has 0 aromatic heterocycles. The second-order valence-corrected chi connectivity index (χ2v) is 10.6. The van der Waals surface area contributed by atoms with E-state index in [1.807, 2.05) is 6.08 Å². The van der Waals surface area contributed by atoms with Gasteiger partial charge in [0.15, 0.2) is 0 Å². The lowest BCUT2D eigenvalue weighted by Crippen LogP contribution is -2.30. The van der Waals surface area contributed by atoms with E-state index in [1.54, 1.807) is 5.57 Å². The molecular formula is C28H39N. The summed E-state index contributed by atoms with van der Waals surface area (Å²) in [5.74, 6) is 1.16. The molecule has 156 valence electrons. The van der Waals surface area contributed by atoms with Crippen LogP contribution in [-0.4, -0.2) is 5.71 Å². The van der Waals surface area contributed by atoms with Crippen LogP contribution in [0.5, 0.6) is 0 Å². The molecule has 1 aromatic carbocycles. The van der Waals surface area contributed by atoms with Crippen molar-refractivity contribution in [3.63, 3.8) is 0 Å². The minimum Gasteiger partial charge on any atom is -0.300 e. The monoisotopic (exact) mass is 389 g/mol. The molecule has 0 radical (unpaired) electrons. The summed E-state index contributed by atoms with van der Waals surface area (Å²) < 4.78 is 0. The highest BCUT2D eigenvalue weighted by atomic mass is 14.4. The van der Waals surface area contributed by atoms with E-state index in [4.69, 9.17) is 5.41 Å². The molecule has 2 aliphatic rings. The van der Waals surface area contributed by atoms with Gasteiger partial charge in [0.2, 0.25) is 0 Å². The Hall–Kier alpha value is -1.89. The molecule has 1 heteroatoms. The van der Waals surface area contributed by atoms with Crippen LogP contribution < -0.4 is 0 Å². The summed E-state index contributed by atoms with van der Waals surface area (Å²) >= 11 is 0. The maximum Gasteiger partial charge on any atom is 0.0612 e. The molecule has 0 aliphatic heterocycles. The molecule has 1 N–H and O–H groups in total. The molecular weight excluding hydrogens is 350 g/mol. The molecule has 29 heavy (non-hydrogen) atoms. The lowest BCUT2D eigenvalue weighted by molar-refractivity contribution is 0.414. The minimum atomic E-state index is 0.00317. The molecule has 0 heterocycles. The van der Waals surface area contributed by atoms with Crippen LogP contribution in [0, 0.1) is 17.2 Å². The van der Waals surface area contributed by atoms with Gasteiger partial charge >= 0.3 is 0 Å². The average Bonchev–Trinajstić information content (AvgIpc) is 3.41. The lowest BCUT2D eigenvalue weighted by Gasteiger charge is -2.37.